The number of carboxylic acid groups (broad SMARTS) is 1. The van der Waals surface area contributed by atoms with Crippen molar-refractivity contribution in [3.63, 3.8) is 0 Å². The SMILES string of the molecule is O=C(O)/C=C/c1cc(OCCc2ccccn2)ccc1Br. The zero-order valence-electron chi connectivity index (χ0n) is 11.2. The predicted octanol–water partition coefficient (Wildman–Crippen LogP) is 3.56. The smallest absolute Gasteiger partial charge is 0.328 e. The van der Waals surface area contributed by atoms with Crippen molar-refractivity contribution in [1.29, 1.82) is 0 Å². The predicted molar refractivity (Wildman–Crippen MR) is 84.2 cm³/mol. The van der Waals surface area contributed by atoms with Crippen molar-refractivity contribution in [3.8, 4) is 5.75 Å². The van der Waals surface area contributed by atoms with E-state index in [0.29, 0.717) is 12.4 Å². The Kier molecular flexibility index (Phi) is 5.51. The molecule has 1 heterocycles. The van der Waals surface area contributed by atoms with Crippen LogP contribution in [0.1, 0.15) is 11.3 Å². The number of halogens is 1. The van der Waals surface area contributed by atoms with Gasteiger partial charge in [0.2, 0.25) is 0 Å². The molecule has 2 aromatic rings. The molecule has 0 amide bonds. The lowest BCUT2D eigenvalue weighted by Gasteiger charge is -2.07. The van der Waals surface area contributed by atoms with Crippen molar-refractivity contribution in [1.82, 2.24) is 4.98 Å². The molecule has 0 atom stereocenters. The van der Waals surface area contributed by atoms with Gasteiger partial charge in [-0.25, -0.2) is 4.79 Å². The molecule has 0 aliphatic rings. The number of hydrogen-bond donors (Lipinski definition) is 1. The number of carbonyl (C=O) groups is 1. The maximum absolute atomic E-state index is 10.6. The standard InChI is InChI=1S/C16H14BrNO3/c17-15-6-5-14(11-12(15)4-7-16(19)20)21-10-8-13-3-1-2-9-18-13/h1-7,9,11H,8,10H2,(H,19,20)/b7-4+. The summed E-state index contributed by atoms with van der Waals surface area (Å²) in [6.07, 6.45) is 5.09. The van der Waals surface area contributed by atoms with Gasteiger partial charge in [0.1, 0.15) is 5.75 Å². The molecule has 0 unspecified atom stereocenters. The minimum atomic E-state index is -0.983. The molecule has 0 saturated carbocycles. The van der Waals surface area contributed by atoms with Crippen molar-refractivity contribution in [2.24, 2.45) is 0 Å². The summed E-state index contributed by atoms with van der Waals surface area (Å²) in [4.78, 5) is 14.8. The highest BCUT2D eigenvalue weighted by Gasteiger charge is 2.01. The van der Waals surface area contributed by atoms with Gasteiger partial charge in [-0.3, -0.25) is 4.98 Å². The zero-order valence-corrected chi connectivity index (χ0v) is 12.8. The quantitative estimate of drug-likeness (QED) is 0.811. The number of hydrogen-bond acceptors (Lipinski definition) is 3. The summed E-state index contributed by atoms with van der Waals surface area (Å²) in [5, 5.41) is 8.66. The van der Waals surface area contributed by atoms with Crippen molar-refractivity contribution in [2.75, 3.05) is 6.61 Å². The Morgan fingerprint density at radius 1 is 1.33 bits per heavy atom. The lowest BCUT2D eigenvalue weighted by atomic mass is 10.2. The van der Waals surface area contributed by atoms with Crippen molar-refractivity contribution in [2.45, 2.75) is 6.42 Å². The molecule has 21 heavy (non-hydrogen) atoms. The van der Waals surface area contributed by atoms with Crippen LogP contribution in [0.5, 0.6) is 5.75 Å². The fourth-order valence-electron chi connectivity index (χ4n) is 1.72. The summed E-state index contributed by atoms with van der Waals surface area (Å²) in [5.74, 6) is -0.289. The summed E-state index contributed by atoms with van der Waals surface area (Å²) >= 11 is 3.38. The zero-order chi connectivity index (χ0) is 15.1. The molecule has 5 heteroatoms. The Hall–Kier alpha value is -2.14. The third-order valence-electron chi connectivity index (χ3n) is 2.73. The first-order valence-corrected chi connectivity index (χ1v) is 7.18. The first kappa shape index (κ1) is 15.3. The van der Waals surface area contributed by atoms with Crippen LogP contribution in [0.2, 0.25) is 0 Å². The third-order valence-corrected chi connectivity index (χ3v) is 3.45. The lowest BCUT2D eigenvalue weighted by Crippen LogP contribution is -2.02. The number of benzene rings is 1. The minimum Gasteiger partial charge on any atom is -0.493 e. The van der Waals surface area contributed by atoms with Gasteiger partial charge in [0.05, 0.1) is 6.61 Å². The van der Waals surface area contributed by atoms with E-state index < -0.39 is 5.97 Å². The molecular formula is C16H14BrNO3. The van der Waals surface area contributed by atoms with Crippen molar-refractivity contribution < 1.29 is 14.6 Å². The number of ether oxygens (including phenoxy) is 1. The Labute approximate surface area is 131 Å². The molecule has 1 aromatic carbocycles. The largest absolute Gasteiger partial charge is 0.493 e. The van der Waals surface area contributed by atoms with E-state index in [2.05, 4.69) is 20.9 Å². The molecule has 0 radical (unpaired) electrons. The highest BCUT2D eigenvalue weighted by atomic mass is 79.9. The summed E-state index contributed by atoms with van der Waals surface area (Å²) in [5.41, 5.74) is 1.73. The van der Waals surface area contributed by atoms with Crippen LogP contribution < -0.4 is 4.74 Å². The van der Waals surface area contributed by atoms with Crippen molar-refractivity contribution >= 4 is 28.0 Å². The topological polar surface area (TPSA) is 59.4 Å². The Bertz CT molecular complexity index is 641. The fraction of sp³-hybridized carbons (Fsp3) is 0.125. The second kappa shape index (κ2) is 7.59. The second-order valence-electron chi connectivity index (χ2n) is 4.27. The summed E-state index contributed by atoms with van der Waals surface area (Å²) in [7, 11) is 0. The number of rotatable bonds is 6. The first-order chi connectivity index (χ1) is 10.1. The molecule has 4 nitrogen and oxygen atoms in total. The van der Waals surface area contributed by atoms with Crippen LogP contribution in [0, 0.1) is 0 Å². The van der Waals surface area contributed by atoms with E-state index in [1.807, 2.05) is 30.3 Å². The molecule has 0 bridgehead atoms. The third kappa shape index (κ3) is 5.04. The van der Waals surface area contributed by atoms with Crippen LogP contribution in [0.25, 0.3) is 6.08 Å². The molecule has 1 N–H and O–H groups in total. The van der Waals surface area contributed by atoms with Gasteiger partial charge in [0.15, 0.2) is 0 Å². The number of nitrogens with zero attached hydrogens (tertiary/aromatic N) is 1. The molecule has 0 fully saturated rings. The van der Waals surface area contributed by atoms with Crippen LogP contribution in [0.4, 0.5) is 0 Å². The molecule has 108 valence electrons. The van der Waals surface area contributed by atoms with Crippen LogP contribution in [-0.2, 0) is 11.2 Å². The van der Waals surface area contributed by atoms with E-state index in [9.17, 15) is 4.79 Å². The van der Waals surface area contributed by atoms with Crippen LogP contribution >= 0.6 is 15.9 Å². The van der Waals surface area contributed by atoms with Gasteiger partial charge in [0, 0.05) is 28.9 Å². The van der Waals surface area contributed by atoms with Crippen LogP contribution in [0.15, 0.2) is 53.1 Å². The summed E-state index contributed by atoms with van der Waals surface area (Å²) in [6.45, 7) is 0.515. The average molecular weight is 348 g/mol. The van der Waals surface area contributed by atoms with Crippen LogP contribution in [0.3, 0.4) is 0 Å². The van der Waals surface area contributed by atoms with E-state index in [1.54, 1.807) is 12.3 Å². The fourth-order valence-corrected chi connectivity index (χ4v) is 2.10. The van der Waals surface area contributed by atoms with Gasteiger partial charge in [-0.05, 0) is 42.0 Å². The molecule has 1 aromatic heterocycles. The summed E-state index contributed by atoms with van der Waals surface area (Å²) < 4.78 is 6.49. The molecule has 2 rings (SSSR count). The van der Waals surface area contributed by atoms with Gasteiger partial charge in [0.25, 0.3) is 0 Å². The number of aromatic nitrogens is 1. The Morgan fingerprint density at radius 2 is 2.19 bits per heavy atom. The molecule has 0 aliphatic heterocycles. The number of carboxylic acids is 1. The molecule has 0 spiro atoms. The second-order valence-corrected chi connectivity index (χ2v) is 5.13. The first-order valence-electron chi connectivity index (χ1n) is 6.38. The highest BCUT2D eigenvalue weighted by molar-refractivity contribution is 9.10. The molecule has 0 saturated heterocycles. The van der Waals surface area contributed by atoms with Crippen molar-refractivity contribution in [3.05, 3.63) is 64.4 Å². The molecular weight excluding hydrogens is 334 g/mol. The van der Waals surface area contributed by atoms with Crippen LogP contribution in [-0.4, -0.2) is 22.7 Å². The average Bonchev–Trinajstić information content (AvgIpc) is 2.48. The summed E-state index contributed by atoms with van der Waals surface area (Å²) in [6, 6.07) is 11.2. The number of pyridine rings is 1. The van der Waals surface area contributed by atoms with Gasteiger partial charge in [-0.15, -0.1) is 0 Å². The normalized spacial score (nSPS) is 10.7. The van der Waals surface area contributed by atoms with E-state index >= 15 is 0 Å². The van der Waals surface area contributed by atoms with Gasteiger partial charge in [-0.1, -0.05) is 22.0 Å². The van der Waals surface area contributed by atoms with E-state index in [-0.39, 0.29) is 0 Å². The van der Waals surface area contributed by atoms with Gasteiger partial charge in [-0.2, -0.15) is 0 Å². The van der Waals surface area contributed by atoms with E-state index in [1.165, 1.54) is 6.08 Å². The highest BCUT2D eigenvalue weighted by Crippen LogP contribution is 2.24. The van der Waals surface area contributed by atoms with Gasteiger partial charge < -0.3 is 9.84 Å². The lowest BCUT2D eigenvalue weighted by molar-refractivity contribution is -0.131. The maximum atomic E-state index is 10.6. The Morgan fingerprint density at radius 3 is 2.90 bits per heavy atom. The monoisotopic (exact) mass is 347 g/mol. The molecule has 0 aliphatic carbocycles. The maximum Gasteiger partial charge on any atom is 0.328 e. The Balaban J connectivity index is 1.97. The minimum absolute atomic E-state index is 0.515. The van der Waals surface area contributed by atoms with Gasteiger partial charge >= 0.3 is 5.97 Å². The number of aliphatic carboxylic acids is 1. The van der Waals surface area contributed by atoms with E-state index in [0.717, 1.165) is 28.2 Å². The van der Waals surface area contributed by atoms with E-state index in [4.69, 9.17) is 9.84 Å².